The van der Waals surface area contributed by atoms with E-state index in [9.17, 15) is 9.59 Å². The molecule has 0 aromatic heterocycles. The van der Waals surface area contributed by atoms with Gasteiger partial charge in [0.25, 0.3) is 0 Å². The standard InChI is InChI=1S/C54H34O4/c55-53(45-31-15-25-35-21-7-11-27-41(35)45)57-51-43-29-13-9-23-39(43)33-47(37-17-3-1-4-18-37)49(51)50-48(38-19-5-2-6-20-38)34-40-24-10-14-30-44(40)52(50)58-54(56)46-32-16-26-36-22-8-12-28-42(36)46/h1-34H. The Hall–Kier alpha value is -7.82. The summed E-state index contributed by atoms with van der Waals surface area (Å²) in [5.74, 6) is -0.260. The zero-order valence-corrected chi connectivity index (χ0v) is 31.3. The Morgan fingerprint density at radius 1 is 0.310 bits per heavy atom. The minimum atomic E-state index is -0.496. The van der Waals surface area contributed by atoms with Gasteiger partial charge in [-0.05, 0) is 78.8 Å². The van der Waals surface area contributed by atoms with Crippen LogP contribution in [-0.2, 0) is 0 Å². The average molecular weight is 747 g/mol. The first kappa shape index (κ1) is 34.7. The first-order valence-electron chi connectivity index (χ1n) is 19.2. The van der Waals surface area contributed by atoms with Gasteiger partial charge in [0, 0.05) is 21.9 Å². The highest BCUT2D eigenvalue weighted by Gasteiger charge is 2.29. The van der Waals surface area contributed by atoms with Gasteiger partial charge in [0.05, 0.1) is 11.1 Å². The zero-order valence-electron chi connectivity index (χ0n) is 31.3. The molecule has 0 spiro atoms. The molecule has 0 aliphatic rings. The quantitative estimate of drug-likeness (QED) is 0.120. The molecule has 0 atom stereocenters. The molecule has 0 unspecified atom stereocenters. The minimum Gasteiger partial charge on any atom is -0.422 e. The number of carbonyl (C=O) groups is 2. The second-order valence-corrected chi connectivity index (χ2v) is 14.3. The molecule has 10 aromatic carbocycles. The summed E-state index contributed by atoms with van der Waals surface area (Å²) in [5.41, 5.74) is 5.59. The largest absolute Gasteiger partial charge is 0.422 e. The zero-order chi connectivity index (χ0) is 39.0. The van der Waals surface area contributed by atoms with Crippen molar-refractivity contribution in [3.8, 4) is 44.9 Å². The van der Waals surface area contributed by atoms with Crippen LogP contribution in [0.5, 0.6) is 11.5 Å². The Balaban J connectivity index is 1.32. The molecule has 10 aromatic rings. The lowest BCUT2D eigenvalue weighted by Crippen LogP contribution is -2.13. The summed E-state index contributed by atoms with van der Waals surface area (Å²) in [4.78, 5) is 29.5. The molecule has 0 saturated heterocycles. The number of esters is 2. The highest BCUT2D eigenvalue weighted by atomic mass is 16.5. The first-order valence-corrected chi connectivity index (χ1v) is 19.2. The maximum Gasteiger partial charge on any atom is 0.344 e. The third-order valence-corrected chi connectivity index (χ3v) is 10.8. The summed E-state index contributed by atoms with van der Waals surface area (Å²) in [7, 11) is 0. The van der Waals surface area contributed by atoms with E-state index in [1.54, 1.807) is 12.1 Å². The molecule has 10 rings (SSSR count). The molecule has 58 heavy (non-hydrogen) atoms. The van der Waals surface area contributed by atoms with E-state index >= 15 is 0 Å². The smallest absolute Gasteiger partial charge is 0.344 e. The SMILES string of the molecule is O=C(Oc1c(-c2c(-c3ccccc3)cc3ccccc3c2OC(=O)c2cccc3ccccc23)c(-c2ccccc2)cc2ccccc12)c1cccc2ccccc12. The molecule has 0 aliphatic heterocycles. The van der Waals surface area contributed by atoms with Crippen molar-refractivity contribution >= 4 is 55.0 Å². The van der Waals surface area contributed by atoms with Crippen molar-refractivity contribution in [2.45, 2.75) is 0 Å². The van der Waals surface area contributed by atoms with E-state index < -0.39 is 11.9 Å². The van der Waals surface area contributed by atoms with Crippen LogP contribution in [-0.4, -0.2) is 11.9 Å². The van der Waals surface area contributed by atoms with Gasteiger partial charge in [0.1, 0.15) is 11.5 Å². The van der Waals surface area contributed by atoms with Crippen molar-refractivity contribution in [2.75, 3.05) is 0 Å². The monoisotopic (exact) mass is 746 g/mol. The minimum absolute atomic E-state index is 0.366. The molecule has 4 nitrogen and oxygen atoms in total. The molecule has 0 amide bonds. The first-order chi connectivity index (χ1) is 28.6. The van der Waals surface area contributed by atoms with Gasteiger partial charge in [-0.1, -0.05) is 182 Å². The van der Waals surface area contributed by atoms with E-state index in [-0.39, 0.29) is 0 Å². The fourth-order valence-corrected chi connectivity index (χ4v) is 8.13. The molecule has 274 valence electrons. The molecule has 0 aliphatic carbocycles. The van der Waals surface area contributed by atoms with E-state index in [0.29, 0.717) is 33.8 Å². The van der Waals surface area contributed by atoms with Gasteiger partial charge in [-0.3, -0.25) is 0 Å². The van der Waals surface area contributed by atoms with Gasteiger partial charge in [-0.25, -0.2) is 9.59 Å². The van der Waals surface area contributed by atoms with E-state index in [1.165, 1.54) is 0 Å². The summed E-state index contributed by atoms with van der Waals surface area (Å²) >= 11 is 0. The Morgan fingerprint density at radius 3 is 1.05 bits per heavy atom. The van der Waals surface area contributed by atoms with E-state index in [2.05, 4.69) is 36.4 Å². The fraction of sp³-hybridized carbons (Fsp3) is 0. The van der Waals surface area contributed by atoms with Crippen LogP contribution in [0.4, 0.5) is 0 Å². The lowest BCUT2D eigenvalue weighted by Gasteiger charge is -2.24. The van der Waals surface area contributed by atoms with Gasteiger partial charge >= 0.3 is 11.9 Å². The maximum atomic E-state index is 14.7. The van der Waals surface area contributed by atoms with Crippen LogP contribution in [0.2, 0.25) is 0 Å². The van der Waals surface area contributed by atoms with Crippen LogP contribution in [0.25, 0.3) is 76.5 Å². The molecule has 4 heteroatoms. The topological polar surface area (TPSA) is 52.6 Å². The molecular formula is C54H34O4. The molecule has 0 radical (unpaired) electrons. The molecule has 0 N–H and O–H groups in total. The van der Waals surface area contributed by atoms with Gasteiger partial charge in [0.15, 0.2) is 0 Å². The lowest BCUT2D eigenvalue weighted by atomic mass is 9.84. The summed E-state index contributed by atoms with van der Waals surface area (Å²) in [5, 5.41) is 6.71. The van der Waals surface area contributed by atoms with Crippen molar-refractivity contribution in [1.29, 1.82) is 0 Å². The molecule has 0 bridgehead atoms. The number of fused-ring (bicyclic) bond motifs is 4. The number of rotatable bonds is 7. The van der Waals surface area contributed by atoms with Crippen molar-refractivity contribution in [1.82, 2.24) is 0 Å². The summed E-state index contributed by atoms with van der Waals surface area (Å²) < 4.78 is 13.6. The second-order valence-electron chi connectivity index (χ2n) is 14.3. The summed E-state index contributed by atoms with van der Waals surface area (Å²) in [6, 6.07) is 67.2. The number of benzene rings is 10. The third kappa shape index (κ3) is 6.14. The van der Waals surface area contributed by atoms with Crippen LogP contribution in [0.1, 0.15) is 20.7 Å². The van der Waals surface area contributed by atoms with Crippen molar-refractivity contribution < 1.29 is 19.1 Å². The lowest BCUT2D eigenvalue weighted by molar-refractivity contribution is 0.0727. The van der Waals surface area contributed by atoms with E-state index in [1.807, 2.05) is 158 Å². The summed E-state index contributed by atoms with van der Waals surface area (Å²) in [6.07, 6.45) is 0. The average Bonchev–Trinajstić information content (AvgIpc) is 3.29. The van der Waals surface area contributed by atoms with E-state index in [4.69, 9.17) is 9.47 Å². The number of hydrogen-bond acceptors (Lipinski definition) is 4. The van der Waals surface area contributed by atoms with Crippen molar-refractivity contribution in [2.24, 2.45) is 0 Å². The predicted molar refractivity (Wildman–Crippen MR) is 236 cm³/mol. The Bertz CT molecular complexity index is 2980. The molecule has 0 fully saturated rings. The van der Waals surface area contributed by atoms with Crippen LogP contribution < -0.4 is 9.47 Å². The Labute approximate surface area is 335 Å². The number of hydrogen-bond donors (Lipinski definition) is 0. The van der Waals surface area contributed by atoms with Crippen LogP contribution in [0.15, 0.2) is 206 Å². The van der Waals surface area contributed by atoms with Crippen LogP contribution in [0, 0.1) is 0 Å². The van der Waals surface area contributed by atoms with Gasteiger partial charge in [-0.2, -0.15) is 0 Å². The van der Waals surface area contributed by atoms with Gasteiger partial charge in [-0.15, -0.1) is 0 Å². The molecule has 0 saturated carbocycles. The predicted octanol–water partition coefficient (Wildman–Crippen LogP) is 13.7. The van der Waals surface area contributed by atoms with Crippen LogP contribution in [0.3, 0.4) is 0 Å². The number of carbonyl (C=O) groups excluding carboxylic acids is 2. The maximum absolute atomic E-state index is 14.7. The Kier molecular flexibility index (Phi) is 8.77. The number of ether oxygens (including phenoxy) is 2. The highest BCUT2D eigenvalue weighted by molar-refractivity contribution is 6.15. The second kappa shape index (κ2) is 14.7. The summed E-state index contributed by atoms with van der Waals surface area (Å²) in [6.45, 7) is 0. The fourth-order valence-electron chi connectivity index (χ4n) is 8.13. The highest BCUT2D eigenvalue weighted by Crippen LogP contribution is 2.53. The molecular weight excluding hydrogens is 713 g/mol. The molecule has 0 heterocycles. The van der Waals surface area contributed by atoms with Crippen molar-refractivity contribution in [3.05, 3.63) is 217 Å². The van der Waals surface area contributed by atoms with Crippen molar-refractivity contribution in [3.63, 3.8) is 0 Å². The third-order valence-electron chi connectivity index (χ3n) is 10.8. The normalized spacial score (nSPS) is 11.2. The Morgan fingerprint density at radius 2 is 0.638 bits per heavy atom. The van der Waals surface area contributed by atoms with Crippen LogP contribution >= 0.6 is 0 Å². The van der Waals surface area contributed by atoms with Gasteiger partial charge in [0.2, 0.25) is 0 Å². The van der Waals surface area contributed by atoms with E-state index in [0.717, 1.165) is 65.3 Å². The van der Waals surface area contributed by atoms with Gasteiger partial charge < -0.3 is 9.47 Å².